The number of hydrogen-bond donors (Lipinski definition) is 1. The van der Waals surface area contributed by atoms with Crippen LogP contribution in [0.4, 0.5) is 10.6 Å². The molecule has 0 radical (unpaired) electrons. The van der Waals surface area contributed by atoms with E-state index < -0.39 is 6.09 Å². The minimum atomic E-state index is -0.547. The topological polar surface area (TPSA) is 64.1 Å². The Kier molecular flexibility index (Phi) is 4.46. The minimum absolute atomic E-state index is 0.227. The van der Waals surface area contributed by atoms with E-state index in [9.17, 15) is 4.79 Å². The average Bonchev–Trinajstić information content (AvgIpc) is 2.40. The van der Waals surface area contributed by atoms with E-state index in [1.165, 1.54) is 6.20 Å². The first-order chi connectivity index (χ1) is 8.74. The van der Waals surface area contributed by atoms with Crippen LogP contribution in [0.3, 0.4) is 0 Å². The van der Waals surface area contributed by atoms with Crippen molar-refractivity contribution in [3.8, 4) is 0 Å². The van der Waals surface area contributed by atoms with E-state index in [0.717, 1.165) is 9.26 Å². The van der Waals surface area contributed by atoms with Crippen molar-refractivity contribution in [3.05, 3.63) is 52.0 Å². The third-order valence-electron chi connectivity index (χ3n) is 2.06. The molecule has 5 nitrogen and oxygen atoms in total. The molecule has 0 bridgehead atoms. The maximum Gasteiger partial charge on any atom is 0.413 e. The molecule has 0 aliphatic rings. The third kappa shape index (κ3) is 3.95. The molecule has 1 heterocycles. The van der Waals surface area contributed by atoms with Crippen molar-refractivity contribution >= 4 is 34.5 Å². The first-order valence-electron chi connectivity index (χ1n) is 5.19. The molecule has 6 heteroatoms. The van der Waals surface area contributed by atoms with Crippen molar-refractivity contribution in [2.75, 3.05) is 5.32 Å². The monoisotopic (exact) mass is 355 g/mol. The fourth-order valence-corrected chi connectivity index (χ4v) is 1.52. The molecule has 2 rings (SSSR count). The molecule has 18 heavy (non-hydrogen) atoms. The first-order valence-corrected chi connectivity index (χ1v) is 6.27. The lowest BCUT2D eigenvalue weighted by Crippen LogP contribution is -2.14. The summed E-state index contributed by atoms with van der Waals surface area (Å²) in [6, 6.07) is 9.46. The molecule has 1 N–H and O–H groups in total. The van der Waals surface area contributed by atoms with E-state index in [-0.39, 0.29) is 6.61 Å². The van der Waals surface area contributed by atoms with Gasteiger partial charge in [-0.1, -0.05) is 30.3 Å². The van der Waals surface area contributed by atoms with Crippen molar-refractivity contribution in [2.45, 2.75) is 6.61 Å². The summed E-state index contributed by atoms with van der Waals surface area (Å²) in [6.07, 6.45) is 2.49. The summed E-state index contributed by atoms with van der Waals surface area (Å²) in [5.41, 5.74) is 0.932. The highest BCUT2D eigenvalue weighted by Gasteiger charge is 2.04. The molecule has 1 amide bonds. The van der Waals surface area contributed by atoms with Gasteiger partial charge in [-0.2, -0.15) is 0 Å². The fraction of sp³-hybridized carbons (Fsp3) is 0.0833. The summed E-state index contributed by atoms with van der Waals surface area (Å²) in [6.45, 7) is 0.227. The molecule has 0 aliphatic carbocycles. The predicted molar refractivity (Wildman–Crippen MR) is 75.0 cm³/mol. The number of ether oxygens (including phenoxy) is 1. The zero-order chi connectivity index (χ0) is 12.8. The van der Waals surface area contributed by atoms with E-state index in [4.69, 9.17) is 4.74 Å². The van der Waals surface area contributed by atoms with Gasteiger partial charge >= 0.3 is 6.09 Å². The second kappa shape index (κ2) is 6.29. The van der Waals surface area contributed by atoms with E-state index in [0.29, 0.717) is 5.82 Å². The minimum Gasteiger partial charge on any atom is -0.444 e. The Hall–Kier alpha value is -1.70. The summed E-state index contributed by atoms with van der Waals surface area (Å²) >= 11 is 2.04. The average molecular weight is 355 g/mol. The molecule has 0 saturated heterocycles. The largest absolute Gasteiger partial charge is 0.444 e. The van der Waals surface area contributed by atoms with Crippen LogP contribution in [0.2, 0.25) is 0 Å². The van der Waals surface area contributed by atoms with Crippen molar-refractivity contribution in [1.82, 2.24) is 9.97 Å². The number of anilines is 1. The molecular weight excluding hydrogens is 345 g/mol. The van der Waals surface area contributed by atoms with Crippen LogP contribution in [0.15, 0.2) is 42.7 Å². The van der Waals surface area contributed by atoms with Gasteiger partial charge in [0.2, 0.25) is 0 Å². The molecule has 0 unspecified atom stereocenters. The summed E-state index contributed by atoms with van der Waals surface area (Å²) in [4.78, 5) is 19.5. The van der Waals surface area contributed by atoms with Crippen molar-refractivity contribution in [1.29, 1.82) is 0 Å². The maximum absolute atomic E-state index is 11.5. The summed E-state index contributed by atoms with van der Waals surface area (Å²) < 4.78 is 5.80. The van der Waals surface area contributed by atoms with Crippen molar-refractivity contribution in [3.63, 3.8) is 0 Å². The van der Waals surface area contributed by atoms with E-state index in [2.05, 4.69) is 15.3 Å². The van der Waals surface area contributed by atoms with Gasteiger partial charge < -0.3 is 4.74 Å². The number of hydrogen-bond acceptors (Lipinski definition) is 4. The van der Waals surface area contributed by atoms with Gasteiger partial charge in [-0.15, -0.1) is 0 Å². The number of amides is 1. The number of rotatable bonds is 3. The van der Waals surface area contributed by atoms with Gasteiger partial charge in [0.1, 0.15) is 10.3 Å². The van der Waals surface area contributed by atoms with Crippen LogP contribution in [0, 0.1) is 3.70 Å². The molecule has 0 aliphatic heterocycles. The smallest absolute Gasteiger partial charge is 0.413 e. The van der Waals surface area contributed by atoms with Gasteiger partial charge in [-0.05, 0) is 28.2 Å². The Morgan fingerprint density at radius 3 is 2.67 bits per heavy atom. The first kappa shape index (κ1) is 12.7. The fourth-order valence-electron chi connectivity index (χ4n) is 1.24. The van der Waals surface area contributed by atoms with Gasteiger partial charge in [0.05, 0.1) is 12.4 Å². The number of aromatic nitrogens is 2. The Balaban J connectivity index is 1.84. The van der Waals surface area contributed by atoms with E-state index >= 15 is 0 Å². The van der Waals surface area contributed by atoms with Crippen molar-refractivity contribution < 1.29 is 9.53 Å². The summed E-state index contributed by atoms with van der Waals surface area (Å²) in [7, 11) is 0. The van der Waals surface area contributed by atoms with Gasteiger partial charge in [0.15, 0.2) is 5.82 Å². The Bertz CT molecular complexity index is 517. The van der Waals surface area contributed by atoms with Crippen LogP contribution in [0.25, 0.3) is 0 Å². The number of nitrogens with zero attached hydrogens (tertiary/aromatic N) is 2. The number of benzene rings is 1. The number of carbonyl (C=O) groups is 1. The van der Waals surface area contributed by atoms with Crippen LogP contribution in [-0.2, 0) is 11.3 Å². The standard InChI is InChI=1S/C12H10IN3O2/c13-10-6-15-11(7-14-10)16-12(17)18-8-9-4-2-1-3-5-9/h1-7H,8H2,(H,15,16,17). The molecule has 0 spiro atoms. The third-order valence-corrected chi connectivity index (χ3v) is 2.62. The van der Waals surface area contributed by atoms with Crippen LogP contribution in [-0.4, -0.2) is 16.1 Å². The Morgan fingerprint density at radius 1 is 1.22 bits per heavy atom. The molecule has 1 aromatic carbocycles. The zero-order valence-electron chi connectivity index (χ0n) is 9.34. The molecule has 1 aromatic heterocycles. The molecule has 0 saturated carbocycles. The van der Waals surface area contributed by atoms with Crippen LogP contribution in [0.1, 0.15) is 5.56 Å². The summed E-state index contributed by atoms with van der Waals surface area (Å²) in [5, 5.41) is 2.50. The van der Waals surface area contributed by atoms with Crippen molar-refractivity contribution in [2.24, 2.45) is 0 Å². The van der Waals surface area contributed by atoms with Gasteiger partial charge in [-0.3, -0.25) is 5.32 Å². The highest BCUT2D eigenvalue weighted by atomic mass is 127. The number of carbonyl (C=O) groups excluding carboxylic acids is 1. The molecule has 92 valence electrons. The Morgan fingerprint density at radius 2 is 2.00 bits per heavy atom. The maximum atomic E-state index is 11.5. The van der Waals surface area contributed by atoms with Gasteiger partial charge in [0, 0.05) is 0 Å². The second-order valence-electron chi connectivity index (χ2n) is 3.41. The van der Waals surface area contributed by atoms with Crippen LogP contribution >= 0.6 is 22.6 Å². The van der Waals surface area contributed by atoms with Gasteiger partial charge in [0.25, 0.3) is 0 Å². The van der Waals surface area contributed by atoms with Crippen LogP contribution < -0.4 is 5.32 Å². The van der Waals surface area contributed by atoms with Crippen LogP contribution in [0.5, 0.6) is 0 Å². The van der Waals surface area contributed by atoms with E-state index in [1.54, 1.807) is 6.20 Å². The van der Waals surface area contributed by atoms with E-state index in [1.807, 2.05) is 52.9 Å². The number of nitrogens with one attached hydrogen (secondary N) is 1. The predicted octanol–water partition coefficient (Wildman–Crippen LogP) is 2.83. The molecule has 0 fully saturated rings. The zero-order valence-corrected chi connectivity index (χ0v) is 11.5. The van der Waals surface area contributed by atoms with Gasteiger partial charge in [-0.25, -0.2) is 14.8 Å². The summed E-state index contributed by atoms with van der Waals surface area (Å²) in [5.74, 6) is 0.369. The molecular formula is C12H10IN3O2. The lowest BCUT2D eigenvalue weighted by molar-refractivity contribution is 0.155. The SMILES string of the molecule is O=C(Nc1cnc(I)cn1)OCc1ccccc1. The lowest BCUT2D eigenvalue weighted by Gasteiger charge is -2.06. The quantitative estimate of drug-likeness (QED) is 0.860. The second-order valence-corrected chi connectivity index (χ2v) is 4.52. The highest BCUT2D eigenvalue weighted by molar-refractivity contribution is 14.1. The Labute approximate surface area is 118 Å². The molecule has 0 atom stereocenters. The normalized spacial score (nSPS) is 9.83. The molecule has 2 aromatic rings. The highest BCUT2D eigenvalue weighted by Crippen LogP contribution is 2.05. The lowest BCUT2D eigenvalue weighted by atomic mass is 10.2. The number of halogens is 1.